The van der Waals surface area contributed by atoms with E-state index in [1.807, 2.05) is 78.9 Å². The number of nitriles is 2. The van der Waals surface area contributed by atoms with E-state index in [1.54, 1.807) is 11.3 Å². The maximum Gasteiger partial charge on any atom is 0.136 e. The first kappa shape index (κ1) is 24.1. The highest BCUT2D eigenvalue weighted by Gasteiger charge is 2.25. The van der Waals surface area contributed by atoms with Crippen molar-refractivity contribution in [2.75, 3.05) is 0 Å². The van der Waals surface area contributed by atoms with Crippen molar-refractivity contribution in [3.63, 3.8) is 0 Å². The summed E-state index contributed by atoms with van der Waals surface area (Å²) in [5, 5.41) is 25.8. The lowest BCUT2D eigenvalue weighted by molar-refractivity contribution is 0.669. The van der Waals surface area contributed by atoms with E-state index in [-0.39, 0.29) is 0 Å². The summed E-state index contributed by atoms with van der Waals surface area (Å²) in [5.41, 5.74) is 7.39. The van der Waals surface area contributed by atoms with Crippen LogP contribution in [0.4, 0.5) is 0 Å². The summed E-state index contributed by atoms with van der Waals surface area (Å²) in [6.07, 6.45) is 0. The van der Waals surface area contributed by atoms with Crippen LogP contribution in [0.25, 0.3) is 75.5 Å². The molecule has 0 aliphatic heterocycles. The minimum atomic E-state index is 0.474. The van der Waals surface area contributed by atoms with Crippen LogP contribution in [0.2, 0.25) is 0 Å². The number of furan rings is 1. The van der Waals surface area contributed by atoms with Gasteiger partial charge >= 0.3 is 0 Å². The molecule has 3 nitrogen and oxygen atoms in total. The fourth-order valence-electron chi connectivity index (χ4n) is 6.22. The topological polar surface area (TPSA) is 60.7 Å². The maximum atomic E-state index is 10.9. The average Bonchev–Trinajstić information content (AvgIpc) is 3.62. The first-order valence-electron chi connectivity index (χ1n) is 13.6. The molecular weight excluding hydrogens is 532 g/mol. The van der Waals surface area contributed by atoms with Gasteiger partial charge in [0.05, 0.1) is 11.1 Å². The molecule has 6 aromatic carbocycles. The standard InChI is InChI=1S/C38H20N2OS/c39-21-30-28(23-10-2-1-3-11-23)20-29(24-14-9-19-35-38(24)26-13-5-7-18-34(26)42-35)31(22-40)36(30)27-15-8-17-33-37(27)25-12-4-6-16-32(25)41-33/h1-20H. The van der Waals surface area contributed by atoms with Gasteiger partial charge in [0, 0.05) is 47.6 Å². The van der Waals surface area contributed by atoms with Gasteiger partial charge in [0.25, 0.3) is 0 Å². The molecule has 8 rings (SSSR count). The molecule has 0 aliphatic rings. The monoisotopic (exact) mass is 552 g/mol. The normalized spacial score (nSPS) is 11.3. The van der Waals surface area contributed by atoms with Crippen LogP contribution in [0.1, 0.15) is 11.1 Å². The third-order valence-corrected chi connectivity index (χ3v) is 9.14. The molecule has 42 heavy (non-hydrogen) atoms. The molecule has 0 fully saturated rings. The fourth-order valence-corrected chi connectivity index (χ4v) is 7.36. The van der Waals surface area contributed by atoms with E-state index < -0.39 is 0 Å². The van der Waals surface area contributed by atoms with E-state index in [1.165, 1.54) is 4.70 Å². The Balaban J connectivity index is 1.58. The van der Waals surface area contributed by atoms with Gasteiger partial charge < -0.3 is 4.42 Å². The molecule has 0 bridgehead atoms. The van der Waals surface area contributed by atoms with Crippen LogP contribution in [-0.4, -0.2) is 0 Å². The van der Waals surface area contributed by atoms with E-state index in [0.29, 0.717) is 16.7 Å². The smallest absolute Gasteiger partial charge is 0.136 e. The number of benzene rings is 6. The van der Waals surface area contributed by atoms with Crippen LogP contribution in [0.15, 0.2) is 126 Å². The van der Waals surface area contributed by atoms with Gasteiger partial charge in [-0.05, 0) is 47.0 Å². The van der Waals surface area contributed by atoms with Crippen molar-refractivity contribution in [1.29, 1.82) is 10.5 Å². The predicted octanol–water partition coefficient (Wildman–Crippen LogP) is 10.7. The summed E-state index contributed by atoms with van der Waals surface area (Å²) in [4.78, 5) is 0. The van der Waals surface area contributed by atoms with Crippen molar-refractivity contribution in [3.8, 4) is 45.5 Å². The Morgan fingerprint density at radius 1 is 0.500 bits per heavy atom. The van der Waals surface area contributed by atoms with Crippen LogP contribution >= 0.6 is 11.3 Å². The molecule has 194 valence electrons. The summed E-state index contributed by atoms with van der Waals surface area (Å²) < 4.78 is 8.58. The molecule has 0 saturated heterocycles. The van der Waals surface area contributed by atoms with Gasteiger partial charge in [-0.1, -0.05) is 91.0 Å². The lowest BCUT2D eigenvalue weighted by Crippen LogP contribution is -1.99. The number of rotatable bonds is 3. The highest BCUT2D eigenvalue weighted by atomic mass is 32.1. The number of hydrogen-bond acceptors (Lipinski definition) is 4. The average molecular weight is 553 g/mol. The summed E-state index contributed by atoms with van der Waals surface area (Å²) in [7, 11) is 0. The molecule has 0 aliphatic carbocycles. The van der Waals surface area contributed by atoms with Crippen LogP contribution in [0, 0.1) is 22.7 Å². The Morgan fingerprint density at radius 3 is 1.98 bits per heavy atom. The first-order chi connectivity index (χ1) is 20.8. The van der Waals surface area contributed by atoms with E-state index in [0.717, 1.165) is 65.2 Å². The van der Waals surface area contributed by atoms with E-state index in [4.69, 9.17) is 4.42 Å². The van der Waals surface area contributed by atoms with Crippen LogP contribution < -0.4 is 0 Å². The lowest BCUT2D eigenvalue weighted by Gasteiger charge is -2.18. The zero-order valence-corrected chi connectivity index (χ0v) is 23.1. The molecule has 0 radical (unpaired) electrons. The van der Waals surface area contributed by atoms with Crippen LogP contribution in [0.5, 0.6) is 0 Å². The van der Waals surface area contributed by atoms with Crippen molar-refractivity contribution >= 4 is 53.4 Å². The third kappa shape index (κ3) is 3.50. The van der Waals surface area contributed by atoms with Crippen molar-refractivity contribution in [2.45, 2.75) is 0 Å². The quantitative estimate of drug-likeness (QED) is 0.219. The molecule has 0 N–H and O–H groups in total. The number of fused-ring (bicyclic) bond motifs is 6. The first-order valence-corrected chi connectivity index (χ1v) is 14.5. The number of hydrogen-bond donors (Lipinski definition) is 0. The van der Waals surface area contributed by atoms with Crippen molar-refractivity contribution < 1.29 is 4.42 Å². The Bertz CT molecular complexity index is 2430. The molecular formula is C38H20N2OS. The minimum Gasteiger partial charge on any atom is -0.456 e. The molecule has 0 saturated carbocycles. The summed E-state index contributed by atoms with van der Waals surface area (Å²) in [6.45, 7) is 0. The second-order valence-corrected chi connectivity index (χ2v) is 11.3. The molecule has 0 unspecified atom stereocenters. The molecule has 2 aromatic heterocycles. The van der Waals surface area contributed by atoms with Gasteiger partial charge in [-0.25, -0.2) is 0 Å². The fraction of sp³-hybridized carbons (Fsp3) is 0. The van der Waals surface area contributed by atoms with Crippen molar-refractivity contribution in [3.05, 3.63) is 132 Å². The Labute approximate surface area is 245 Å². The number of nitrogens with zero attached hydrogens (tertiary/aromatic N) is 2. The molecule has 0 spiro atoms. The summed E-state index contributed by atoms with van der Waals surface area (Å²) in [6, 6.07) is 45.5. The molecule has 0 amide bonds. The molecule has 4 heteroatoms. The van der Waals surface area contributed by atoms with Gasteiger partial charge in [-0.3, -0.25) is 0 Å². The predicted molar refractivity (Wildman–Crippen MR) is 172 cm³/mol. The van der Waals surface area contributed by atoms with Gasteiger partial charge in [-0.2, -0.15) is 10.5 Å². The summed E-state index contributed by atoms with van der Waals surface area (Å²) in [5.74, 6) is 0. The van der Waals surface area contributed by atoms with Crippen molar-refractivity contribution in [1.82, 2.24) is 0 Å². The van der Waals surface area contributed by atoms with E-state index >= 15 is 0 Å². The van der Waals surface area contributed by atoms with Gasteiger partial charge in [0.1, 0.15) is 23.3 Å². The van der Waals surface area contributed by atoms with E-state index in [9.17, 15) is 10.5 Å². The highest BCUT2D eigenvalue weighted by molar-refractivity contribution is 7.25. The molecule has 0 atom stereocenters. The SMILES string of the molecule is N#Cc1c(-c2ccccc2)cc(-c2cccc3sc4ccccc4c23)c(C#N)c1-c1cccc2oc3ccccc3c12. The summed E-state index contributed by atoms with van der Waals surface area (Å²) >= 11 is 1.75. The third-order valence-electron chi connectivity index (χ3n) is 8.00. The highest BCUT2D eigenvalue weighted by Crippen LogP contribution is 2.47. The Morgan fingerprint density at radius 2 is 1.14 bits per heavy atom. The minimum absolute atomic E-state index is 0.474. The molecule has 2 heterocycles. The zero-order valence-electron chi connectivity index (χ0n) is 22.3. The van der Waals surface area contributed by atoms with Gasteiger partial charge in [0.15, 0.2) is 0 Å². The van der Waals surface area contributed by atoms with Gasteiger partial charge in [0.2, 0.25) is 0 Å². The van der Waals surface area contributed by atoms with Crippen LogP contribution in [0.3, 0.4) is 0 Å². The Hall–Kier alpha value is -5.68. The van der Waals surface area contributed by atoms with E-state index in [2.05, 4.69) is 54.6 Å². The second-order valence-electron chi connectivity index (χ2n) is 10.2. The lowest BCUT2D eigenvalue weighted by atomic mass is 9.82. The van der Waals surface area contributed by atoms with Crippen LogP contribution in [-0.2, 0) is 0 Å². The maximum absolute atomic E-state index is 10.9. The molecule has 8 aromatic rings. The zero-order chi connectivity index (χ0) is 28.2. The Kier molecular flexibility index (Phi) is 5.44. The number of para-hydroxylation sites is 1. The largest absolute Gasteiger partial charge is 0.456 e. The second kappa shape index (κ2) is 9.46. The van der Waals surface area contributed by atoms with Gasteiger partial charge in [-0.15, -0.1) is 11.3 Å². The number of thiophene rings is 1. The van der Waals surface area contributed by atoms with Crippen molar-refractivity contribution in [2.24, 2.45) is 0 Å².